The number of rotatable bonds is 5. The van der Waals surface area contributed by atoms with Crippen molar-refractivity contribution in [1.82, 2.24) is 19.5 Å². The van der Waals surface area contributed by atoms with Gasteiger partial charge in [0, 0.05) is 22.3 Å². The summed E-state index contributed by atoms with van der Waals surface area (Å²) < 4.78 is 2.19. The zero-order valence-corrected chi connectivity index (χ0v) is 18.6. The van der Waals surface area contributed by atoms with Crippen molar-refractivity contribution in [3.05, 3.63) is 35.5 Å². The van der Waals surface area contributed by atoms with E-state index in [0.717, 1.165) is 61.3 Å². The van der Waals surface area contributed by atoms with Crippen LogP contribution in [0.4, 0.5) is 17.6 Å². The lowest BCUT2D eigenvalue weighted by Crippen LogP contribution is -2.31. The van der Waals surface area contributed by atoms with Crippen LogP contribution in [0.3, 0.4) is 0 Å². The van der Waals surface area contributed by atoms with E-state index in [2.05, 4.69) is 27.1 Å². The molecule has 0 unspecified atom stereocenters. The maximum absolute atomic E-state index is 10.0. The zero-order chi connectivity index (χ0) is 21.4. The number of aromatic nitrogens is 4. The number of fused-ring (bicyclic) bond motifs is 1. The first-order valence-corrected chi connectivity index (χ1v) is 11.6. The quantitative estimate of drug-likeness (QED) is 0.489. The monoisotopic (exact) mass is 440 g/mol. The fourth-order valence-electron chi connectivity index (χ4n) is 4.95. The molecule has 8 heteroatoms. The Morgan fingerprint density at radius 3 is 2.65 bits per heavy atom. The molecule has 2 aliphatic carbocycles. The van der Waals surface area contributed by atoms with E-state index >= 15 is 0 Å². The van der Waals surface area contributed by atoms with Crippen molar-refractivity contribution in [2.45, 2.75) is 76.0 Å². The van der Waals surface area contributed by atoms with Crippen molar-refractivity contribution in [3.63, 3.8) is 0 Å². The lowest BCUT2D eigenvalue weighted by molar-refractivity contribution is 0.112. The predicted molar refractivity (Wildman–Crippen MR) is 124 cm³/mol. The van der Waals surface area contributed by atoms with Crippen molar-refractivity contribution >= 4 is 40.3 Å². The molecule has 2 heterocycles. The van der Waals surface area contributed by atoms with Crippen LogP contribution in [-0.4, -0.2) is 36.3 Å². The van der Waals surface area contributed by atoms with Crippen LogP contribution >= 0.6 is 11.6 Å². The standard InChI is InChI=1S/C23H29ClN6O/c1-23(11-2-3-12-23)29-21-25-14-19-20(28-21)30(17-7-9-18(31)10-8-17)22(27-19)26-16-6-4-5-15(24)13-16/h4-6,13-14,17-18,31H,2-3,7-12H2,1H3,(H,26,27)(H,25,28,29)/t17-,18-. The molecule has 0 amide bonds. The molecule has 0 bridgehead atoms. The van der Waals surface area contributed by atoms with E-state index in [1.165, 1.54) is 12.8 Å². The van der Waals surface area contributed by atoms with Crippen molar-refractivity contribution < 1.29 is 5.11 Å². The molecule has 3 aromatic rings. The van der Waals surface area contributed by atoms with Gasteiger partial charge in [0.05, 0.1) is 12.3 Å². The normalized spacial score (nSPS) is 23.2. The maximum atomic E-state index is 10.0. The molecule has 0 atom stereocenters. The van der Waals surface area contributed by atoms with E-state index in [1.54, 1.807) is 6.20 Å². The number of benzene rings is 1. The molecule has 164 valence electrons. The van der Waals surface area contributed by atoms with Gasteiger partial charge in [0.25, 0.3) is 0 Å². The second kappa shape index (κ2) is 8.28. The van der Waals surface area contributed by atoms with Crippen LogP contribution in [-0.2, 0) is 0 Å². The Bertz CT molecular complexity index is 1070. The van der Waals surface area contributed by atoms with Crippen molar-refractivity contribution in [2.75, 3.05) is 10.6 Å². The van der Waals surface area contributed by atoms with Gasteiger partial charge in [0.2, 0.25) is 11.9 Å². The summed E-state index contributed by atoms with van der Waals surface area (Å²) in [5, 5.41) is 17.7. The van der Waals surface area contributed by atoms with Gasteiger partial charge < -0.3 is 15.7 Å². The lowest BCUT2D eigenvalue weighted by Gasteiger charge is -2.28. The fraction of sp³-hybridized carbons (Fsp3) is 0.522. The Labute approximate surface area is 187 Å². The van der Waals surface area contributed by atoms with Crippen molar-refractivity contribution in [1.29, 1.82) is 0 Å². The number of imidazole rings is 1. The molecule has 2 fully saturated rings. The third-order valence-corrected chi connectivity index (χ3v) is 6.90. The number of anilines is 3. The van der Waals surface area contributed by atoms with Crippen LogP contribution < -0.4 is 10.6 Å². The van der Waals surface area contributed by atoms with Gasteiger partial charge in [0.1, 0.15) is 5.52 Å². The summed E-state index contributed by atoms with van der Waals surface area (Å²) >= 11 is 6.18. The van der Waals surface area contributed by atoms with Crippen LogP contribution in [0.15, 0.2) is 30.5 Å². The summed E-state index contributed by atoms with van der Waals surface area (Å²) in [6, 6.07) is 7.85. The largest absolute Gasteiger partial charge is 0.393 e. The molecular weight excluding hydrogens is 412 g/mol. The van der Waals surface area contributed by atoms with Crippen LogP contribution in [0.25, 0.3) is 11.2 Å². The highest BCUT2D eigenvalue weighted by molar-refractivity contribution is 6.30. The molecule has 2 aromatic heterocycles. The third kappa shape index (κ3) is 4.34. The Morgan fingerprint density at radius 1 is 1.13 bits per heavy atom. The average Bonchev–Trinajstić information content (AvgIpc) is 3.32. The van der Waals surface area contributed by atoms with Crippen LogP contribution in [0, 0.1) is 0 Å². The molecule has 3 N–H and O–H groups in total. The summed E-state index contributed by atoms with van der Waals surface area (Å²) in [7, 11) is 0. The summed E-state index contributed by atoms with van der Waals surface area (Å²) in [5.41, 5.74) is 2.52. The van der Waals surface area contributed by atoms with Gasteiger partial charge in [-0.25, -0.2) is 9.97 Å². The number of halogens is 1. The molecule has 31 heavy (non-hydrogen) atoms. The SMILES string of the molecule is CC1(Nc2ncc3nc(Nc4cccc(Cl)c4)n([C@H]4CC[C@H](O)CC4)c3n2)CCCC1. The number of hydrogen-bond acceptors (Lipinski definition) is 6. The first-order valence-electron chi connectivity index (χ1n) is 11.2. The zero-order valence-electron chi connectivity index (χ0n) is 17.8. The summed E-state index contributed by atoms with van der Waals surface area (Å²) in [5.74, 6) is 1.39. The Morgan fingerprint density at radius 2 is 1.90 bits per heavy atom. The topological polar surface area (TPSA) is 87.9 Å². The molecule has 0 radical (unpaired) electrons. The number of nitrogens with zero attached hydrogens (tertiary/aromatic N) is 4. The van der Waals surface area contributed by atoms with E-state index in [9.17, 15) is 5.11 Å². The molecule has 0 spiro atoms. The summed E-state index contributed by atoms with van der Waals surface area (Å²) in [6.45, 7) is 2.25. The fourth-order valence-corrected chi connectivity index (χ4v) is 5.14. The highest BCUT2D eigenvalue weighted by atomic mass is 35.5. The minimum absolute atomic E-state index is 0.0509. The lowest BCUT2D eigenvalue weighted by atomic mass is 9.93. The van der Waals surface area contributed by atoms with Gasteiger partial charge in [-0.1, -0.05) is 30.5 Å². The van der Waals surface area contributed by atoms with Gasteiger partial charge in [-0.2, -0.15) is 4.98 Å². The Hall–Kier alpha value is -2.38. The predicted octanol–water partition coefficient (Wildman–Crippen LogP) is 5.44. The van der Waals surface area contributed by atoms with E-state index < -0.39 is 0 Å². The first kappa shape index (κ1) is 20.5. The third-order valence-electron chi connectivity index (χ3n) is 6.67. The van der Waals surface area contributed by atoms with E-state index in [0.29, 0.717) is 11.0 Å². The van der Waals surface area contributed by atoms with Gasteiger partial charge in [-0.15, -0.1) is 0 Å². The number of aliphatic hydroxyl groups is 1. The second-order valence-electron chi connectivity index (χ2n) is 9.20. The highest BCUT2D eigenvalue weighted by Gasteiger charge is 2.30. The summed E-state index contributed by atoms with van der Waals surface area (Å²) in [4.78, 5) is 14.3. The van der Waals surface area contributed by atoms with E-state index in [-0.39, 0.29) is 17.7 Å². The molecule has 0 aliphatic heterocycles. The second-order valence-corrected chi connectivity index (χ2v) is 9.63. The van der Waals surface area contributed by atoms with Gasteiger partial charge >= 0.3 is 0 Å². The van der Waals surface area contributed by atoms with E-state index in [1.807, 2.05) is 24.3 Å². The van der Waals surface area contributed by atoms with Crippen molar-refractivity contribution in [3.8, 4) is 0 Å². The van der Waals surface area contributed by atoms with Crippen LogP contribution in [0.2, 0.25) is 5.02 Å². The smallest absolute Gasteiger partial charge is 0.225 e. The van der Waals surface area contributed by atoms with Crippen molar-refractivity contribution in [2.24, 2.45) is 0 Å². The molecular formula is C23H29ClN6O. The minimum atomic E-state index is -0.218. The molecule has 2 aliphatic rings. The van der Waals surface area contributed by atoms with Crippen LogP contribution in [0.1, 0.15) is 64.3 Å². The summed E-state index contributed by atoms with van der Waals surface area (Å²) in [6.07, 6.45) is 9.69. The molecule has 0 saturated heterocycles. The minimum Gasteiger partial charge on any atom is -0.393 e. The molecule has 2 saturated carbocycles. The highest BCUT2D eigenvalue weighted by Crippen LogP contribution is 2.36. The Balaban J connectivity index is 1.54. The van der Waals surface area contributed by atoms with E-state index in [4.69, 9.17) is 21.6 Å². The van der Waals surface area contributed by atoms with Gasteiger partial charge in [0.15, 0.2) is 5.65 Å². The number of nitrogens with one attached hydrogen (secondary N) is 2. The average molecular weight is 441 g/mol. The van der Waals surface area contributed by atoms with Gasteiger partial charge in [-0.3, -0.25) is 4.57 Å². The maximum Gasteiger partial charge on any atom is 0.225 e. The van der Waals surface area contributed by atoms with Crippen LogP contribution in [0.5, 0.6) is 0 Å². The Kier molecular flexibility index (Phi) is 5.48. The number of hydrogen-bond donors (Lipinski definition) is 3. The van der Waals surface area contributed by atoms with Gasteiger partial charge in [-0.05, 0) is 63.6 Å². The first-order chi connectivity index (χ1) is 15.0. The number of aliphatic hydroxyl groups excluding tert-OH is 1. The molecule has 1 aromatic carbocycles. The molecule has 7 nitrogen and oxygen atoms in total. The molecule has 5 rings (SSSR count).